The standard InChI is InChI=1S/C8H17NS/c1-8(2,3)6-7-9-4-5-10-7/h7,9H,4-6H2,1-3H3. The lowest BCUT2D eigenvalue weighted by molar-refractivity contribution is 0.360. The molecule has 1 aliphatic rings. The van der Waals surface area contributed by atoms with Crippen LogP contribution in [0, 0.1) is 5.41 Å². The van der Waals surface area contributed by atoms with Crippen LogP contribution in [-0.2, 0) is 0 Å². The van der Waals surface area contributed by atoms with E-state index in [4.69, 9.17) is 0 Å². The molecular weight excluding hydrogens is 142 g/mol. The van der Waals surface area contributed by atoms with Gasteiger partial charge >= 0.3 is 0 Å². The van der Waals surface area contributed by atoms with Gasteiger partial charge in [-0.15, -0.1) is 11.8 Å². The zero-order valence-electron chi connectivity index (χ0n) is 7.11. The van der Waals surface area contributed by atoms with E-state index in [9.17, 15) is 0 Å². The summed E-state index contributed by atoms with van der Waals surface area (Å²) in [5, 5.41) is 4.20. The predicted octanol–water partition coefficient (Wildman–Crippen LogP) is 2.09. The second-order valence-electron chi connectivity index (χ2n) is 4.08. The average molecular weight is 159 g/mol. The van der Waals surface area contributed by atoms with Crippen molar-refractivity contribution in [1.29, 1.82) is 0 Å². The fourth-order valence-electron chi connectivity index (χ4n) is 1.17. The fraction of sp³-hybridized carbons (Fsp3) is 1.00. The molecule has 1 N–H and O–H groups in total. The third kappa shape index (κ3) is 2.93. The number of nitrogens with one attached hydrogen (secondary N) is 1. The molecule has 0 bridgehead atoms. The van der Waals surface area contributed by atoms with Gasteiger partial charge in [0.15, 0.2) is 0 Å². The van der Waals surface area contributed by atoms with Crippen molar-refractivity contribution in [3.63, 3.8) is 0 Å². The van der Waals surface area contributed by atoms with Crippen molar-refractivity contribution in [2.75, 3.05) is 12.3 Å². The number of thioether (sulfide) groups is 1. The molecule has 0 radical (unpaired) electrons. The Hall–Kier alpha value is 0.310. The molecule has 10 heavy (non-hydrogen) atoms. The van der Waals surface area contributed by atoms with Crippen LogP contribution in [0.15, 0.2) is 0 Å². The van der Waals surface area contributed by atoms with E-state index in [1.165, 1.54) is 18.7 Å². The number of rotatable bonds is 1. The summed E-state index contributed by atoms with van der Waals surface area (Å²) in [5.74, 6) is 1.29. The predicted molar refractivity (Wildman–Crippen MR) is 48.3 cm³/mol. The molecule has 0 aromatic carbocycles. The molecule has 1 heterocycles. The van der Waals surface area contributed by atoms with E-state index in [0.29, 0.717) is 5.41 Å². The summed E-state index contributed by atoms with van der Waals surface area (Å²) in [6, 6.07) is 0. The maximum absolute atomic E-state index is 3.48. The first-order valence-corrected chi connectivity index (χ1v) is 4.98. The lowest BCUT2D eigenvalue weighted by Gasteiger charge is -2.22. The highest BCUT2D eigenvalue weighted by molar-refractivity contribution is 8.00. The van der Waals surface area contributed by atoms with Gasteiger partial charge in [-0.05, 0) is 11.8 Å². The molecule has 0 spiro atoms. The molecule has 1 saturated heterocycles. The van der Waals surface area contributed by atoms with Gasteiger partial charge in [-0.2, -0.15) is 0 Å². The van der Waals surface area contributed by atoms with Crippen LogP contribution in [0.2, 0.25) is 0 Å². The third-order valence-corrected chi connectivity index (χ3v) is 2.77. The Labute approximate surface area is 68.0 Å². The lowest BCUT2D eigenvalue weighted by Crippen LogP contribution is -2.24. The molecular formula is C8H17NS. The Morgan fingerprint density at radius 2 is 2.20 bits per heavy atom. The van der Waals surface area contributed by atoms with E-state index in [0.717, 1.165) is 5.37 Å². The van der Waals surface area contributed by atoms with Crippen molar-refractivity contribution >= 4 is 11.8 Å². The fourth-order valence-corrected chi connectivity index (χ4v) is 2.54. The highest BCUT2D eigenvalue weighted by atomic mass is 32.2. The van der Waals surface area contributed by atoms with Crippen LogP contribution < -0.4 is 5.32 Å². The largest absolute Gasteiger partial charge is 0.304 e. The van der Waals surface area contributed by atoms with Crippen molar-refractivity contribution in [3.05, 3.63) is 0 Å². The van der Waals surface area contributed by atoms with Crippen LogP contribution in [0.1, 0.15) is 27.2 Å². The van der Waals surface area contributed by atoms with Crippen molar-refractivity contribution in [3.8, 4) is 0 Å². The lowest BCUT2D eigenvalue weighted by atomic mass is 9.92. The van der Waals surface area contributed by atoms with E-state index < -0.39 is 0 Å². The summed E-state index contributed by atoms with van der Waals surface area (Å²) in [6.45, 7) is 8.10. The van der Waals surface area contributed by atoms with Gasteiger partial charge in [-0.25, -0.2) is 0 Å². The quantitative estimate of drug-likeness (QED) is 0.628. The van der Waals surface area contributed by atoms with E-state index in [2.05, 4.69) is 37.8 Å². The highest BCUT2D eigenvalue weighted by Crippen LogP contribution is 2.28. The Morgan fingerprint density at radius 1 is 1.50 bits per heavy atom. The zero-order valence-corrected chi connectivity index (χ0v) is 7.92. The summed E-state index contributed by atoms with van der Waals surface area (Å²) < 4.78 is 0. The molecule has 0 saturated carbocycles. The molecule has 0 aromatic rings. The highest BCUT2D eigenvalue weighted by Gasteiger charge is 2.21. The minimum absolute atomic E-state index is 0.481. The monoisotopic (exact) mass is 159 g/mol. The Balaban J connectivity index is 2.24. The number of hydrogen-bond acceptors (Lipinski definition) is 2. The van der Waals surface area contributed by atoms with Gasteiger partial charge < -0.3 is 5.32 Å². The molecule has 0 aliphatic carbocycles. The van der Waals surface area contributed by atoms with E-state index in [1.54, 1.807) is 0 Å². The van der Waals surface area contributed by atoms with Crippen LogP contribution in [0.4, 0.5) is 0 Å². The maximum Gasteiger partial charge on any atom is 0.0537 e. The van der Waals surface area contributed by atoms with Gasteiger partial charge in [0.25, 0.3) is 0 Å². The van der Waals surface area contributed by atoms with E-state index >= 15 is 0 Å². The molecule has 1 fully saturated rings. The molecule has 1 unspecified atom stereocenters. The van der Waals surface area contributed by atoms with Crippen molar-refractivity contribution in [2.24, 2.45) is 5.41 Å². The zero-order chi connectivity index (χ0) is 7.61. The molecule has 1 nitrogen and oxygen atoms in total. The summed E-state index contributed by atoms with van der Waals surface area (Å²) in [6.07, 6.45) is 1.29. The van der Waals surface area contributed by atoms with Gasteiger partial charge in [0.1, 0.15) is 0 Å². The molecule has 1 rings (SSSR count). The number of hydrogen-bond donors (Lipinski definition) is 1. The van der Waals surface area contributed by atoms with Gasteiger partial charge in [0, 0.05) is 12.3 Å². The average Bonchev–Trinajstić information content (AvgIpc) is 2.12. The third-order valence-electron chi connectivity index (χ3n) is 1.59. The van der Waals surface area contributed by atoms with Gasteiger partial charge in [-0.3, -0.25) is 0 Å². The normalized spacial score (nSPS) is 27.3. The van der Waals surface area contributed by atoms with Crippen LogP contribution in [-0.4, -0.2) is 17.7 Å². The Morgan fingerprint density at radius 3 is 2.60 bits per heavy atom. The van der Waals surface area contributed by atoms with Crippen LogP contribution >= 0.6 is 11.8 Å². The molecule has 0 aromatic heterocycles. The first-order valence-electron chi connectivity index (χ1n) is 3.93. The van der Waals surface area contributed by atoms with Gasteiger partial charge in [0.2, 0.25) is 0 Å². The summed E-state index contributed by atoms with van der Waals surface area (Å²) in [4.78, 5) is 0. The smallest absolute Gasteiger partial charge is 0.0537 e. The van der Waals surface area contributed by atoms with E-state index in [1.807, 2.05) is 0 Å². The minimum Gasteiger partial charge on any atom is -0.304 e. The van der Waals surface area contributed by atoms with Crippen molar-refractivity contribution in [2.45, 2.75) is 32.6 Å². The minimum atomic E-state index is 0.481. The molecule has 0 amide bonds. The molecule has 1 atom stereocenters. The van der Waals surface area contributed by atoms with Crippen LogP contribution in [0.5, 0.6) is 0 Å². The SMILES string of the molecule is CC(C)(C)CC1NCCS1. The van der Waals surface area contributed by atoms with Gasteiger partial charge in [-0.1, -0.05) is 20.8 Å². The second kappa shape index (κ2) is 3.14. The second-order valence-corrected chi connectivity index (χ2v) is 5.39. The van der Waals surface area contributed by atoms with Gasteiger partial charge in [0.05, 0.1) is 5.37 Å². The molecule has 2 heteroatoms. The van der Waals surface area contributed by atoms with Crippen LogP contribution in [0.3, 0.4) is 0 Å². The molecule has 60 valence electrons. The summed E-state index contributed by atoms with van der Waals surface area (Å²) in [5.41, 5.74) is 0.481. The first kappa shape index (κ1) is 8.41. The van der Waals surface area contributed by atoms with Crippen molar-refractivity contribution in [1.82, 2.24) is 5.32 Å². The first-order chi connectivity index (χ1) is 4.58. The maximum atomic E-state index is 3.48. The van der Waals surface area contributed by atoms with Crippen LogP contribution in [0.25, 0.3) is 0 Å². The van der Waals surface area contributed by atoms with E-state index in [-0.39, 0.29) is 0 Å². The Bertz CT molecular complexity index is 100. The summed E-state index contributed by atoms with van der Waals surface area (Å²) in [7, 11) is 0. The Kier molecular flexibility index (Phi) is 2.64. The van der Waals surface area contributed by atoms with Crippen molar-refractivity contribution < 1.29 is 0 Å². The molecule has 1 aliphatic heterocycles. The summed E-state index contributed by atoms with van der Waals surface area (Å²) >= 11 is 2.06. The topological polar surface area (TPSA) is 12.0 Å².